The van der Waals surface area contributed by atoms with Gasteiger partial charge in [-0.3, -0.25) is 4.98 Å². The Labute approximate surface area is 86.6 Å². The monoisotopic (exact) mass is 189 g/mol. The number of hydrogen-bond acceptors (Lipinski definition) is 1. The summed E-state index contributed by atoms with van der Waals surface area (Å²) in [5, 5.41) is 0. The molecule has 1 aliphatic rings. The van der Waals surface area contributed by atoms with Gasteiger partial charge in [-0.2, -0.15) is 0 Å². The summed E-state index contributed by atoms with van der Waals surface area (Å²) >= 11 is 0. The maximum absolute atomic E-state index is 4.77. The van der Waals surface area contributed by atoms with E-state index < -0.39 is 0 Å². The molecule has 1 fully saturated rings. The van der Waals surface area contributed by atoms with Gasteiger partial charge in [0.05, 0.1) is 0 Å². The molecule has 1 aromatic heterocycles. The van der Waals surface area contributed by atoms with Gasteiger partial charge in [0, 0.05) is 22.7 Å². The van der Waals surface area contributed by atoms with Gasteiger partial charge >= 0.3 is 0 Å². The Morgan fingerprint density at radius 3 is 2.43 bits per heavy atom. The standard InChI is InChI=1S/C13H19N/c1-13(2,3)12-9-5-8-11(14-12)10-6-4-7-10/h5,8-10H,4,6-7H2,1-3H3. The summed E-state index contributed by atoms with van der Waals surface area (Å²) in [6, 6.07) is 6.47. The predicted molar refractivity (Wildman–Crippen MR) is 59.5 cm³/mol. The van der Waals surface area contributed by atoms with Crippen LogP contribution < -0.4 is 0 Å². The molecule has 2 rings (SSSR count). The zero-order valence-corrected chi connectivity index (χ0v) is 9.38. The first-order chi connectivity index (χ1) is 6.57. The summed E-state index contributed by atoms with van der Waals surface area (Å²) in [7, 11) is 0. The Kier molecular flexibility index (Phi) is 2.34. The quantitative estimate of drug-likeness (QED) is 0.657. The summed E-state index contributed by atoms with van der Waals surface area (Å²) in [5.41, 5.74) is 2.71. The highest BCUT2D eigenvalue weighted by Crippen LogP contribution is 2.35. The third kappa shape index (κ3) is 1.82. The Bertz CT molecular complexity index is 318. The Morgan fingerprint density at radius 1 is 1.21 bits per heavy atom. The van der Waals surface area contributed by atoms with Crippen molar-refractivity contribution in [3.8, 4) is 0 Å². The lowest BCUT2D eigenvalue weighted by atomic mass is 9.82. The van der Waals surface area contributed by atoms with Gasteiger partial charge in [-0.25, -0.2) is 0 Å². The van der Waals surface area contributed by atoms with E-state index in [1.807, 2.05) is 0 Å². The van der Waals surface area contributed by atoms with Crippen molar-refractivity contribution in [1.29, 1.82) is 0 Å². The first-order valence-corrected chi connectivity index (χ1v) is 5.55. The minimum Gasteiger partial charge on any atom is -0.257 e. The molecular formula is C13H19N. The largest absolute Gasteiger partial charge is 0.257 e. The average molecular weight is 189 g/mol. The number of hydrogen-bond donors (Lipinski definition) is 0. The lowest BCUT2D eigenvalue weighted by Crippen LogP contribution is -2.17. The fourth-order valence-corrected chi connectivity index (χ4v) is 1.80. The Balaban J connectivity index is 2.26. The SMILES string of the molecule is CC(C)(C)c1cccc(C2CCC2)n1. The molecule has 0 unspecified atom stereocenters. The molecule has 0 aromatic carbocycles. The minimum atomic E-state index is 0.180. The molecule has 1 nitrogen and oxygen atoms in total. The van der Waals surface area contributed by atoms with Gasteiger partial charge in [-0.15, -0.1) is 0 Å². The van der Waals surface area contributed by atoms with Gasteiger partial charge in [0.15, 0.2) is 0 Å². The van der Waals surface area contributed by atoms with E-state index in [1.165, 1.54) is 30.7 Å². The predicted octanol–water partition coefficient (Wildman–Crippen LogP) is 3.65. The van der Waals surface area contributed by atoms with Crippen LogP contribution in [-0.2, 0) is 5.41 Å². The number of aromatic nitrogens is 1. The fraction of sp³-hybridized carbons (Fsp3) is 0.615. The van der Waals surface area contributed by atoms with E-state index in [0.717, 1.165) is 5.92 Å². The zero-order valence-electron chi connectivity index (χ0n) is 9.38. The molecule has 0 N–H and O–H groups in total. The molecule has 14 heavy (non-hydrogen) atoms. The maximum atomic E-state index is 4.77. The van der Waals surface area contributed by atoms with E-state index in [0.29, 0.717) is 0 Å². The van der Waals surface area contributed by atoms with E-state index in [4.69, 9.17) is 4.98 Å². The van der Waals surface area contributed by atoms with Gasteiger partial charge in [0.25, 0.3) is 0 Å². The van der Waals surface area contributed by atoms with Crippen molar-refractivity contribution in [3.63, 3.8) is 0 Å². The minimum absolute atomic E-state index is 0.180. The van der Waals surface area contributed by atoms with Crippen LogP contribution in [0.4, 0.5) is 0 Å². The molecule has 1 heterocycles. The highest BCUT2D eigenvalue weighted by atomic mass is 14.7. The first-order valence-electron chi connectivity index (χ1n) is 5.55. The smallest absolute Gasteiger partial charge is 0.0460 e. The van der Waals surface area contributed by atoms with Gasteiger partial charge in [-0.05, 0) is 25.0 Å². The van der Waals surface area contributed by atoms with E-state index in [2.05, 4.69) is 39.0 Å². The van der Waals surface area contributed by atoms with E-state index in [9.17, 15) is 0 Å². The van der Waals surface area contributed by atoms with Crippen molar-refractivity contribution in [2.24, 2.45) is 0 Å². The van der Waals surface area contributed by atoms with E-state index in [1.54, 1.807) is 0 Å². The molecule has 0 atom stereocenters. The number of rotatable bonds is 1. The van der Waals surface area contributed by atoms with Crippen molar-refractivity contribution in [2.75, 3.05) is 0 Å². The maximum Gasteiger partial charge on any atom is 0.0460 e. The van der Waals surface area contributed by atoms with Gasteiger partial charge in [-0.1, -0.05) is 33.3 Å². The topological polar surface area (TPSA) is 12.9 Å². The molecule has 0 bridgehead atoms. The van der Waals surface area contributed by atoms with Crippen molar-refractivity contribution < 1.29 is 0 Å². The van der Waals surface area contributed by atoms with Crippen LogP contribution in [0.3, 0.4) is 0 Å². The second-order valence-corrected chi connectivity index (χ2v) is 5.33. The number of nitrogens with zero attached hydrogens (tertiary/aromatic N) is 1. The van der Waals surface area contributed by atoms with Crippen LogP contribution in [-0.4, -0.2) is 4.98 Å². The molecule has 76 valence electrons. The van der Waals surface area contributed by atoms with E-state index >= 15 is 0 Å². The highest BCUT2D eigenvalue weighted by molar-refractivity contribution is 5.20. The van der Waals surface area contributed by atoms with Gasteiger partial charge < -0.3 is 0 Å². The second kappa shape index (κ2) is 3.38. The lowest BCUT2D eigenvalue weighted by molar-refractivity contribution is 0.407. The van der Waals surface area contributed by atoms with Crippen LogP contribution in [0.5, 0.6) is 0 Å². The van der Waals surface area contributed by atoms with Crippen LogP contribution in [0.15, 0.2) is 18.2 Å². The third-order valence-electron chi connectivity index (χ3n) is 3.06. The normalized spacial score (nSPS) is 17.9. The van der Waals surface area contributed by atoms with Crippen LogP contribution in [0.2, 0.25) is 0 Å². The molecule has 1 aromatic rings. The fourth-order valence-electron chi connectivity index (χ4n) is 1.80. The molecule has 1 heteroatoms. The van der Waals surface area contributed by atoms with Gasteiger partial charge in [0.2, 0.25) is 0 Å². The van der Waals surface area contributed by atoms with Crippen LogP contribution in [0.1, 0.15) is 57.3 Å². The lowest BCUT2D eigenvalue weighted by Gasteiger charge is -2.26. The second-order valence-electron chi connectivity index (χ2n) is 5.33. The molecule has 1 saturated carbocycles. The molecule has 0 aliphatic heterocycles. The summed E-state index contributed by atoms with van der Waals surface area (Å²) in [6.45, 7) is 6.67. The van der Waals surface area contributed by atoms with Crippen molar-refractivity contribution in [1.82, 2.24) is 4.98 Å². The molecule has 0 spiro atoms. The number of pyridine rings is 1. The average Bonchev–Trinajstić information content (AvgIpc) is 2.00. The molecule has 0 amide bonds. The first kappa shape index (κ1) is 9.70. The Morgan fingerprint density at radius 2 is 1.93 bits per heavy atom. The molecule has 1 aliphatic carbocycles. The van der Waals surface area contributed by atoms with E-state index in [-0.39, 0.29) is 5.41 Å². The van der Waals surface area contributed by atoms with Crippen LogP contribution in [0, 0.1) is 0 Å². The van der Waals surface area contributed by atoms with Crippen molar-refractivity contribution >= 4 is 0 Å². The Hall–Kier alpha value is -0.850. The molecule has 0 saturated heterocycles. The summed E-state index contributed by atoms with van der Waals surface area (Å²) < 4.78 is 0. The summed E-state index contributed by atoms with van der Waals surface area (Å²) in [4.78, 5) is 4.77. The summed E-state index contributed by atoms with van der Waals surface area (Å²) in [6.07, 6.45) is 4.05. The molecular weight excluding hydrogens is 170 g/mol. The zero-order chi connectivity index (χ0) is 10.2. The molecule has 0 radical (unpaired) electrons. The van der Waals surface area contributed by atoms with Crippen LogP contribution >= 0.6 is 0 Å². The van der Waals surface area contributed by atoms with Crippen molar-refractivity contribution in [3.05, 3.63) is 29.6 Å². The van der Waals surface area contributed by atoms with Crippen molar-refractivity contribution in [2.45, 2.75) is 51.4 Å². The highest BCUT2D eigenvalue weighted by Gasteiger charge is 2.22. The summed E-state index contributed by atoms with van der Waals surface area (Å²) in [5.74, 6) is 0.747. The third-order valence-corrected chi connectivity index (χ3v) is 3.06. The van der Waals surface area contributed by atoms with Crippen LogP contribution in [0.25, 0.3) is 0 Å². The van der Waals surface area contributed by atoms with Gasteiger partial charge in [0.1, 0.15) is 0 Å².